The summed E-state index contributed by atoms with van der Waals surface area (Å²) in [5.74, 6) is 0. The Morgan fingerprint density at radius 3 is 3.20 bits per heavy atom. The average molecular weight is 144 g/mol. The fraction of sp³-hybridized carbons (Fsp3) is 1.00. The van der Waals surface area contributed by atoms with Crippen molar-refractivity contribution in [2.45, 2.75) is 12.5 Å². The predicted molar refractivity (Wildman–Crippen MR) is 41.2 cm³/mol. The summed E-state index contributed by atoms with van der Waals surface area (Å²) in [5.41, 5.74) is 0. The van der Waals surface area contributed by atoms with Crippen molar-refractivity contribution in [3.8, 4) is 0 Å². The van der Waals surface area contributed by atoms with E-state index in [4.69, 9.17) is 4.74 Å². The molecule has 1 atom stereocenters. The first-order valence-electron chi connectivity index (χ1n) is 3.86. The van der Waals surface area contributed by atoms with E-state index in [9.17, 15) is 0 Å². The second kappa shape index (κ2) is 4.66. The fourth-order valence-corrected chi connectivity index (χ4v) is 1.19. The van der Waals surface area contributed by atoms with E-state index in [-0.39, 0.29) is 0 Å². The molecule has 10 heavy (non-hydrogen) atoms. The molecule has 1 aliphatic heterocycles. The summed E-state index contributed by atoms with van der Waals surface area (Å²) in [7, 11) is 1.74. The Kier molecular flexibility index (Phi) is 3.72. The van der Waals surface area contributed by atoms with Gasteiger partial charge >= 0.3 is 0 Å². The lowest BCUT2D eigenvalue weighted by Gasteiger charge is -2.13. The van der Waals surface area contributed by atoms with Crippen LogP contribution in [0, 0.1) is 0 Å². The van der Waals surface area contributed by atoms with Crippen molar-refractivity contribution in [2.24, 2.45) is 0 Å². The van der Waals surface area contributed by atoms with Gasteiger partial charge in [0.2, 0.25) is 0 Å². The largest absolute Gasteiger partial charge is 0.383 e. The van der Waals surface area contributed by atoms with E-state index in [0.717, 1.165) is 26.2 Å². The van der Waals surface area contributed by atoms with Crippen molar-refractivity contribution in [1.82, 2.24) is 10.6 Å². The zero-order valence-electron chi connectivity index (χ0n) is 6.52. The average Bonchev–Trinajstić information content (AvgIpc) is 2.17. The zero-order chi connectivity index (χ0) is 7.23. The normalized spacial score (nSPS) is 27.9. The lowest BCUT2D eigenvalue weighted by molar-refractivity contribution is 0.168. The Morgan fingerprint density at radius 1 is 1.50 bits per heavy atom. The lowest BCUT2D eigenvalue weighted by Crippen LogP contribution is -2.38. The van der Waals surface area contributed by atoms with Gasteiger partial charge in [-0.2, -0.15) is 0 Å². The van der Waals surface area contributed by atoms with Crippen LogP contribution in [0.3, 0.4) is 0 Å². The highest BCUT2D eigenvalue weighted by Crippen LogP contribution is 1.88. The topological polar surface area (TPSA) is 33.3 Å². The van der Waals surface area contributed by atoms with Crippen LogP contribution >= 0.6 is 0 Å². The van der Waals surface area contributed by atoms with Crippen molar-refractivity contribution in [3.63, 3.8) is 0 Å². The van der Waals surface area contributed by atoms with E-state index in [1.165, 1.54) is 6.42 Å². The Balaban J connectivity index is 2.15. The summed E-state index contributed by atoms with van der Waals surface area (Å²) >= 11 is 0. The zero-order valence-corrected chi connectivity index (χ0v) is 6.52. The van der Waals surface area contributed by atoms with Gasteiger partial charge in [-0.25, -0.2) is 0 Å². The van der Waals surface area contributed by atoms with E-state index >= 15 is 0 Å². The summed E-state index contributed by atoms with van der Waals surface area (Å²) in [5, 5.41) is 6.73. The highest BCUT2D eigenvalue weighted by Gasteiger charge is 2.08. The van der Waals surface area contributed by atoms with Crippen molar-refractivity contribution >= 4 is 0 Å². The summed E-state index contributed by atoms with van der Waals surface area (Å²) < 4.78 is 5.03. The van der Waals surface area contributed by atoms with Gasteiger partial charge in [0.25, 0.3) is 0 Å². The van der Waals surface area contributed by atoms with E-state index in [2.05, 4.69) is 10.6 Å². The Bertz CT molecular complexity index is 79.7. The number of nitrogens with one attached hydrogen (secondary N) is 2. The summed E-state index contributed by atoms with van der Waals surface area (Å²) in [6, 6.07) is 0.507. The van der Waals surface area contributed by atoms with E-state index in [1.54, 1.807) is 7.11 Å². The van der Waals surface area contributed by atoms with E-state index in [0.29, 0.717) is 6.04 Å². The second-order valence-electron chi connectivity index (χ2n) is 2.66. The summed E-state index contributed by atoms with van der Waals surface area (Å²) in [6.45, 7) is 4.09. The molecule has 3 heteroatoms. The molecule has 0 radical (unpaired) electrons. The first kappa shape index (κ1) is 7.98. The minimum absolute atomic E-state index is 0.507. The first-order chi connectivity index (χ1) is 4.93. The molecule has 0 amide bonds. The van der Waals surface area contributed by atoms with Gasteiger partial charge in [0, 0.05) is 19.7 Å². The van der Waals surface area contributed by atoms with Crippen LogP contribution in [0.25, 0.3) is 0 Å². The van der Waals surface area contributed by atoms with Crippen LogP contribution in [-0.4, -0.2) is 39.4 Å². The number of hydrogen-bond acceptors (Lipinski definition) is 3. The number of rotatable bonds is 2. The monoisotopic (exact) mass is 144 g/mol. The van der Waals surface area contributed by atoms with Crippen LogP contribution in [0.1, 0.15) is 6.42 Å². The lowest BCUT2D eigenvalue weighted by atomic mass is 10.3. The molecule has 0 spiro atoms. The van der Waals surface area contributed by atoms with Crippen LogP contribution in [0.5, 0.6) is 0 Å². The molecule has 1 unspecified atom stereocenters. The van der Waals surface area contributed by atoms with Gasteiger partial charge in [-0.1, -0.05) is 0 Å². The van der Waals surface area contributed by atoms with Gasteiger partial charge in [-0.05, 0) is 19.5 Å². The molecule has 1 rings (SSSR count). The summed E-state index contributed by atoms with van der Waals surface area (Å²) in [4.78, 5) is 0. The fourth-order valence-electron chi connectivity index (χ4n) is 1.19. The maximum absolute atomic E-state index is 5.03. The highest BCUT2D eigenvalue weighted by atomic mass is 16.5. The molecule has 1 aliphatic rings. The van der Waals surface area contributed by atoms with Crippen molar-refractivity contribution < 1.29 is 4.74 Å². The van der Waals surface area contributed by atoms with Crippen molar-refractivity contribution in [3.05, 3.63) is 0 Å². The van der Waals surface area contributed by atoms with Gasteiger partial charge in [-0.3, -0.25) is 0 Å². The van der Waals surface area contributed by atoms with Gasteiger partial charge < -0.3 is 15.4 Å². The minimum Gasteiger partial charge on any atom is -0.383 e. The molecule has 1 saturated heterocycles. The predicted octanol–water partition coefficient (Wildman–Crippen LogP) is -0.416. The number of methoxy groups -OCH3 is 1. The smallest absolute Gasteiger partial charge is 0.0628 e. The second-order valence-corrected chi connectivity index (χ2v) is 2.66. The Morgan fingerprint density at radius 2 is 2.40 bits per heavy atom. The third-order valence-corrected chi connectivity index (χ3v) is 1.72. The van der Waals surface area contributed by atoms with Crippen molar-refractivity contribution in [1.29, 1.82) is 0 Å². The summed E-state index contributed by atoms with van der Waals surface area (Å²) in [6.07, 6.45) is 1.22. The van der Waals surface area contributed by atoms with Crippen LogP contribution < -0.4 is 10.6 Å². The molecular formula is C7H16N2O. The third kappa shape index (κ3) is 2.64. The Labute approximate surface area is 62.1 Å². The Hall–Kier alpha value is -0.120. The van der Waals surface area contributed by atoms with E-state index in [1.807, 2.05) is 0 Å². The van der Waals surface area contributed by atoms with Crippen LogP contribution in [-0.2, 0) is 4.74 Å². The molecule has 1 heterocycles. The van der Waals surface area contributed by atoms with Crippen LogP contribution in [0.15, 0.2) is 0 Å². The third-order valence-electron chi connectivity index (χ3n) is 1.72. The molecule has 0 bridgehead atoms. The van der Waals surface area contributed by atoms with E-state index < -0.39 is 0 Å². The molecule has 60 valence electrons. The van der Waals surface area contributed by atoms with Crippen LogP contribution in [0.2, 0.25) is 0 Å². The molecule has 0 saturated carbocycles. The quantitative estimate of drug-likeness (QED) is 0.552. The van der Waals surface area contributed by atoms with Gasteiger partial charge in [0.15, 0.2) is 0 Å². The highest BCUT2D eigenvalue weighted by molar-refractivity contribution is 4.72. The standard InChI is InChI=1S/C7H16N2O/c1-10-6-7-5-8-3-2-4-9-7/h7-9H,2-6H2,1H3. The molecule has 0 aliphatic carbocycles. The molecule has 2 N–H and O–H groups in total. The maximum Gasteiger partial charge on any atom is 0.0628 e. The molecule has 1 fully saturated rings. The molecule has 3 nitrogen and oxygen atoms in total. The molecular weight excluding hydrogens is 128 g/mol. The van der Waals surface area contributed by atoms with Crippen LogP contribution in [0.4, 0.5) is 0 Å². The van der Waals surface area contributed by atoms with Gasteiger partial charge in [0.1, 0.15) is 0 Å². The number of ether oxygens (including phenoxy) is 1. The molecule has 0 aromatic heterocycles. The molecule has 0 aromatic rings. The van der Waals surface area contributed by atoms with Gasteiger partial charge in [0.05, 0.1) is 6.61 Å². The molecule has 0 aromatic carbocycles. The van der Waals surface area contributed by atoms with Gasteiger partial charge in [-0.15, -0.1) is 0 Å². The minimum atomic E-state index is 0.507. The first-order valence-corrected chi connectivity index (χ1v) is 3.86. The number of hydrogen-bond donors (Lipinski definition) is 2. The van der Waals surface area contributed by atoms with Crippen molar-refractivity contribution in [2.75, 3.05) is 33.4 Å². The SMILES string of the molecule is COCC1CNCCCN1. The maximum atomic E-state index is 5.03.